The van der Waals surface area contributed by atoms with Crippen LogP contribution in [0.5, 0.6) is 0 Å². The molecule has 0 unspecified atom stereocenters. The first-order valence-corrected chi connectivity index (χ1v) is 7.60. The number of benzene rings is 2. The summed E-state index contributed by atoms with van der Waals surface area (Å²) in [7, 11) is 0. The van der Waals surface area contributed by atoms with E-state index in [-0.39, 0.29) is 5.43 Å². The first kappa shape index (κ1) is 15.0. The van der Waals surface area contributed by atoms with E-state index in [0.29, 0.717) is 28.7 Å². The van der Waals surface area contributed by atoms with Crippen molar-refractivity contribution < 1.29 is 4.42 Å². The third-order valence-electron chi connectivity index (χ3n) is 3.85. The van der Waals surface area contributed by atoms with Crippen LogP contribution in [0.2, 0.25) is 0 Å². The van der Waals surface area contributed by atoms with E-state index in [1.165, 1.54) is 0 Å². The summed E-state index contributed by atoms with van der Waals surface area (Å²) >= 11 is 0. The fourth-order valence-corrected chi connectivity index (χ4v) is 2.60. The minimum Gasteiger partial charge on any atom is -0.456 e. The van der Waals surface area contributed by atoms with Crippen LogP contribution in [0.3, 0.4) is 0 Å². The van der Waals surface area contributed by atoms with E-state index in [1.807, 2.05) is 66.8 Å². The Kier molecular flexibility index (Phi) is 4.24. The molecule has 0 aliphatic rings. The average molecular weight is 302 g/mol. The third-order valence-corrected chi connectivity index (χ3v) is 3.85. The van der Waals surface area contributed by atoms with Gasteiger partial charge in [0.15, 0.2) is 5.43 Å². The third kappa shape index (κ3) is 3.02. The molecule has 0 aliphatic heterocycles. The smallest absolute Gasteiger partial charge is 0.196 e. The molecule has 0 bridgehead atoms. The zero-order chi connectivity index (χ0) is 16.2. The van der Waals surface area contributed by atoms with Crippen molar-refractivity contribution in [3.05, 3.63) is 93.9 Å². The fourth-order valence-electron chi connectivity index (χ4n) is 2.60. The topological polar surface area (TPSA) is 30.2 Å². The van der Waals surface area contributed by atoms with Crippen LogP contribution in [0.4, 0.5) is 0 Å². The molecule has 0 spiro atoms. The van der Waals surface area contributed by atoms with E-state index in [1.54, 1.807) is 6.92 Å². The number of para-hydroxylation sites is 1. The molecule has 3 rings (SSSR count). The molecule has 0 fully saturated rings. The van der Waals surface area contributed by atoms with Crippen LogP contribution in [0.25, 0.3) is 23.1 Å². The Morgan fingerprint density at radius 3 is 2.57 bits per heavy atom. The maximum Gasteiger partial charge on any atom is 0.196 e. The number of fused-ring (bicyclic) bond motifs is 1. The van der Waals surface area contributed by atoms with Gasteiger partial charge in [0.25, 0.3) is 0 Å². The van der Waals surface area contributed by atoms with Crippen LogP contribution in [-0.2, 0) is 6.42 Å². The highest BCUT2D eigenvalue weighted by Gasteiger charge is 2.11. The van der Waals surface area contributed by atoms with E-state index >= 15 is 0 Å². The lowest BCUT2D eigenvalue weighted by molar-refractivity contribution is 0.582. The van der Waals surface area contributed by atoms with Gasteiger partial charge in [-0.2, -0.15) is 0 Å². The molecule has 0 atom stereocenters. The summed E-state index contributed by atoms with van der Waals surface area (Å²) in [6, 6.07) is 15.6. The molecule has 0 amide bonds. The van der Waals surface area contributed by atoms with E-state index in [0.717, 1.165) is 11.1 Å². The number of allylic oxidation sites excluding steroid dienone is 1. The van der Waals surface area contributed by atoms with Gasteiger partial charge in [0, 0.05) is 5.56 Å². The van der Waals surface area contributed by atoms with Crippen LogP contribution < -0.4 is 5.43 Å². The van der Waals surface area contributed by atoms with Crippen molar-refractivity contribution in [2.24, 2.45) is 0 Å². The zero-order valence-electron chi connectivity index (χ0n) is 13.1. The first-order valence-electron chi connectivity index (χ1n) is 7.60. The van der Waals surface area contributed by atoms with Crippen molar-refractivity contribution in [3.63, 3.8) is 0 Å². The maximum absolute atomic E-state index is 12.6. The number of hydrogen-bond acceptors (Lipinski definition) is 2. The van der Waals surface area contributed by atoms with Crippen LogP contribution in [0.1, 0.15) is 22.5 Å². The fraction of sp³-hybridized carbons (Fsp3) is 0.0952. The summed E-state index contributed by atoms with van der Waals surface area (Å²) in [5.41, 5.74) is 3.33. The Bertz CT molecular complexity index is 931. The van der Waals surface area contributed by atoms with Gasteiger partial charge >= 0.3 is 0 Å². The minimum absolute atomic E-state index is 0.0184. The van der Waals surface area contributed by atoms with Crippen LogP contribution >= 0.6 is 0 Å². The van der Waals surface area contributed by atoms with Gasteiger partial charge in [-0.1, -0.05) is 54.6 Å². The second-order valence-electron chi connectivity index (χ2n) is 5.45. The monoisotopic (exact) mass is 302 g/mol. The van der Waals surface area contributed by atoms with Crippen molar-refractivity contribution in [2.45, 2.75) is 13.3 Å². The molecule has 0 radical (unpaired) electrons. The Labute approximate surface area is 135 Å². The Hall–Kier alpha value is -2.87. The second kappa shape index (κ2) is 6.49. The van der Waals surface area contributed by atoms with Gasteiger partial charge in [0.05, 0.1) is 5.39 Å². The summed E-state index contributed by atoms with van der Waals surface area (Å²) in [6.45, 7) is 5.57. The van der Waals surface area contributed by atoms with Crippen LogP contribution in [-0.4, -0.2) is 0 Å². The largest absolute Gasteiger partial charge is 0.456 e. The number of rotatable bonds is 4. The van der Waals surface area contributed by atoms with E-state index < -0.39 is 0 Å². The van der Waals surface area contributed by atoms with E-state index in [2.05, 4.69) is 6.58 Å². The highest BCUT2D eigenvalue weighted by Crippen LogP contribution is 2.21. The molecule has 114 valence electrons. The molecule has 23 heavy (non-hydrogen) atoms. The van der Waals surface area contributed by atoms with Gasteiger partial charge in [-0.3, -0.25) is 4.79 Å². The van der Waals surface area contributed by atoms with Crippen molar-refractivity contribution in [1.82, 2.24) is 0 Å². The lowest BCUT2D eigenvalue weighted by atomic mass is 10.1. The molecule has 0 aliphatic carbocycles. The van der Waals surface area contributed by atoms with E-state index in [4.69, 9.17) is 4.42 Å². The van der Waals surface area contributed by atoms with Crippen LogP contribution in [0, 0.1) is 6.92 Å². The van der Waals surface area contributed by atoms with Gasteiger partial charge < -0.3 is 4.42 Å². The Morgan fingerprint density at radius 1 is 1.04 bits per heavy atom. The molecule has 0 saturated heterocycles. The molecular formula is C21H18O2. The SMILES string of the molecule is C=CCc1cccc2c(=O)c(C)c(C=Cc3ccccc3)oc12. The summed E-state index contributed by atoms with van der Waals surface area (Å²) in [4.78, 5) is 12.6. The Balaban J connectivity index is 2.16. The molecule has 2 aromatic carbocycles. The summed E-state index contributed by atoms with van der Waals surface area (Å²) in [5.74, 6) is 0.600. The molecule has 1 heterocycles. The Morgan fingerprint density at radius 2 is 1.83 bits per heavy atom. The molecule has 2 heteroatoms. The molecular weight excluding hydrogens is 284 g/mol. The minimum atomic E-state index is 0.0184. The van der Waals surface area contributed by atoms with Gasteiger partial charge in [0.1, 0.15) is 11.3 Å². The zero-order valence-corrected chi connectivity index (χ0v) is 13.1. The van der Waals surface area contributed by atoms with Gasteiger partial charge in [0.2, 0.25) is 0 Å². The first-order chi connectivity index (χ1) is 11.2. The van der Waals surface area contributed by atoms with Crippen LogP contribution in [0.15, 0.2) is 70.4 Å². The summed E-state index contributed by atoms with van der Waals surface area (Å²) in [6.07, 6.45) is 6.29. The molecule has 2 nitrogen and oxygen atoms in total. The lowest BCUT2D eigenvalue weighted by Crippen LogP contribution is -2.08. The predicted molar refractivity (Wildman–Crippen MR) is 96.5 cm³/mol. The van der Waals surface area contributed by atoms with Gasteiger partial charge in [-0.15, -0.1) is 6.58 Å². The van der Waals surface area contributed by atoms with Crippen molar-refractivity contribution in [2.75, 3.05) is 0 Å². The summed E-state index contributed by atoms with van der Waals surface area (Å²) < 4.78 is 6.04. The lowest BCUT2D eigenvalue weighted by Gasteiger charge is -2.07. The highest BCUT2D eigenvalue weighted by atomic mass is 16.3. The predicted octanol–water partition coefficient (Wildman–Crippen LogP) is 5.00. The highest BCUT2D eigenvalue weighted by molar-refractivity contribution is 5.82. The molecule has 0 saturated carbocycles. The van der Waals surface area contributed by atoms with Crippen molar-refractivity contribution in [3.8, 4) is 0 Å². The normalized spacial score (nSPS) is 11.2. The molecule has 1 aromatic heterocycles. The van der Waals surface area contributed by atoms with E-state index in [9.17, 15) is 4.79 Å². The molecule has 3 aromatic rings. The quantitative estimate of drug-likeness (QED) is 0.635. The molecule has 0 N–H and O–H groups in total. The van der Waals surface area contributed by atoms with Crippen molar-refractivity contribution >= 4 is 23.1 Å². The average Bonchev–Trinajstić information content (AvgIpc) is 2.58. The van der Waals surface area contributed by atoms with Gasteiger partial charge in [-0.05, 0) is 36.6 Å². The standard InChI is InChI=1S/C21H18O2/c1-3-8-17-11-7-12-18-20(22)15(2)19(23-21(17)18)14-13-16-9-5-4-6-10-16/h3-7,9-14H,1,8H2,2H3. The van der Waals surface area contributed by atoms with Crippen molar-refractivity contribution in [1.29, 1.82) is 0 Å². The number of hydrogen-bond donors (Lipinski definition) is 0. The maximum atomic E-state index is 12.6. The van der Waals surface area contributed by atoms with Gasteiger partial charge in [-0.25, -0.2) is 0 Å². The summed E-state index contributed by atoms with van der Waals surface area (Å²) in [5, 5.41) is 0.624. The second-order valence-corrected chi connectivity index (χ2v) is 5.45.